The molecule has 3 N–H and O–H groups in total. The quantitative estimate of drug-likeness (QED) is 0.542. The fourth-order valence-electron chi connectivity index (χ4n) is 4.77. The van der Waals surface area contributed by atoms with Crippen molar-refractivity contribution in [2.45, 2.75) is 44.8 Å². The number of imide groups is 1. The lowest BCUT2D eigenvalue weighted by atomic mass is 9.78. The number of nitrogens with one attached hydrogen (secondary N) is 3. The van der Waals surface area contributed by atoms with Crippen LogP contribution in [0.25, 0.3) is 11.0 Å². The Morgan fingerprint density at radius 2 is 1.81 bits per heavy atom. The van der Waals surface area contributed by atoms with E-state index in [2.05, 4.69) is 16.0 Å². The molecule has 2 heterocycles. The molecular weight excluding hydrogens is 410 g/mol. The number of imidazole rings is 1. The molecule has 1 aromatic heterocycles. The number of amides is 4. The first kappa shape index (κ1) is 20.0. The van der Waals surface area contributed by atoms with Crippen molar-refractivity contribution in [3.8, 4) is 0 Å². The van der Waals surface area contributed by atoms with Gasteiger partial charge in [-0.25, -0.2) is 9.59 Å². The highest BCUT2D eigenvalue weighted by molar-refractivity contribution is 6.07. The van der Waals surface area contributed by atoms with Gasteiger partial charge in [-0.3, -0.25) is 24.0 Å². The number of anilines is 1. The number of para-hydroxylation sites is 2. The Balaban J connectivity index is 1.34. The van der Waals surface area contributed by atoms with Gasteiger partial charge in [-0.15, -0.1) is 0 Å². The standard InChI is InChI=1S/C23H23N5O4/c1-2-27-17-5-3-4-6-18(17)28(22(27)32)13-19(29)24-16-8-7-15-12-23(10-9-14(15)11-16)20(30)25-21(31)26-23/h3-8,11H,2,9-10,12-13H2,1H3,(H,24,29)(H2,25,26,30,31). The Hall–Kier alpha value is -3.88. The van der Waals surface area contributed by atoms with Gasteiger partial charge >= 0.3 is 11.7 Å². The van der Waals surface area contributed by atoms with Gasteiger partial charge in [0.2, 0.25) is 5.91 Å². The van der Waals surface area contributed by atoms with Crippen LogP contribution in [0, 0.1) is 0 Å². The van der Waals surface area contributed by atoms with Gasteiger partial charge in [0.05, 0.1) is 11.0 Å². The molecule has 0 radical (unpaired) electrons. The van der Waals surface area contributed by atoms with E-state index in [0.717, 1.165) is 22.2 Å². The molecule has 1 aliphatic carbocycles. The van der Waals surface area contributed by atoms with Crippen LogP contribution < -0.4 is 21.6 Å². The summed E-state index contributed by atoms with van der Waals surface area (Å²) in [5, 5.41) is 7.95. The van der Waals surface area contributed by atoms with E-state index in [0.29, 0.717) is 31.5 Å². The van der Waals surface area contributed by atoms with Crippen LogP contribution in [0.4, 0.5) is 10.5 Å². The molecule has 0 saturated carbocycles. The van der Waals surface area contributed by atoms with Crippen molar-refractivity contribution in [2.24, 2.45) is 0 Å². The minimum atomic E-state index is -0.885. The first-order valence-corrected chi connectivity index (χ1v) is 10.6. The maximum Gasteiger partial charge on any atom is 0.329 e. The normalized spacial score (nSPS) is 19.7. The van der Waals surface area contributed by atoms with E-state index in [1.165, 1.54) is 4.57 Å². The van der Waals surface area contributed by atoms with Gasteiger partial charge in [0.1, 0.15) is 12.1 Å². The predicted octanol–water partition coefficient (Wildman–Crippen LogP) is 1.53. The monoisotopic (exact) mass is 433 g/mol. The van der Waals surface area contributed by atoms with Crippen molar-refractivity contribution in [1.29, 1.82) is 0 Å². The van der Waals surface area contributed by atoms with Crippen LogP contribution in [-0.2, 0) is 35.5 Å². The van der Waals surface area contributed by atoms with Gasteiger partial charge in [-0.05, 0) is 55.2 Å². The summed E-state index contributed by atoms with van der Waals surface area (Å²) in [5.41, 5.74) is 3.06. The number of rotatable bonds is 4. The summed E-state index contributed by atoms with van der Waals surface area (Å²) in [7, 11) is 0. The Kier molecular flexibility index (Phi) is 4.61. The Bertz CT molecular complexity index is 1340. The summed E-state index contributed by atoms with van der Waals surface area (Å²) in [4.78, 5) is 49.3. The molecule has 5 rings (SSSR count). The van der Waals surface area contributed by atoms with E-state index in [1.54, 1.807) is 10.6 Å². The molecule has 1 aliphatic heterocycles. The van der Waals surface area contributed by atoms with Crippen molar-refractivity contribution in [1.82, 2.24) is 19.8 Å². The van der Waals surface area contributed by atoms with Crippen LogP contribution in [0.2, 0.25) is 0 Å². The van der Waals surface area contributed by atoms with Gasteiger partial charge in [0.25, 0.3) is 5.91 Å². The van der Waals surface area contributed by atoms with Gasteiger partial charge < -0.3 is 10.6 Å². The molecule has 9 nitrogen and oxygen atoms in total. The third-order valence-corrected chi connectivity index (χ3v) is 6.36. The zero-order chi connectivity index (χ0) is 22.5. The fraction of sp³-hybridized carbons (Fsp3) is 0.304. The van der Waals surface area contributed by atoms with Crippen LogP contribution in [0.3, 0.4) is 0 Å². The number of hydrogen-bond donors (Lipinski definition) is 3. The van der Waals surface area contributed by atoms with Gasteiger partial charge in [0, 0.05) is 18.7 Å². The second kappa shape index (κ2) is 7.37. The Morgan fingerprint density at radius 3 is 2.50 bits per heavy atom. The summed E-state index contributed by atoms with van der Waals surface area (Å²) in [6.07, 6.45) is 1.52. The van der Waals surface area contributed by atoms with Crippen LogP contribution in [0.15, 0.2) is 47.3 Å². The molecule has 2 aromatic carbocycles. The number of aromatic nitrogens is 2. The van der Waals surface area contributed by atoms with Crippen molar-refractivity contribution in [3.05, 3.63) is 64.1 Å². The number of hydrogen-bond acceptors (Lipinski definition) is 4. The molecule has 1 fully saturated rings. The third kappa shape index (κ3) is 3.17. The Morgan fingerprint density at radius 1 is 1.06 bits per heavy atom. The Labute approximate surface area is 183 Å². The average molecular weight is 433 g/mol. The van der Waals surface area contributed by atoms with Crippen molar-refractivity contribution < 1.29 is 14.4 Å². The fourth-order valence-corrected chi connectivity index (χ4v) is 4.77. The summed E-state index contributed by atoms with van der Waals surface area (Å²) in [6, 6.07) is 12.5. The number of carbonyl (C=O) groups excluding carboxylic acids is 3. The second-order valence-corrected chi connectivity index (χ2v) is 8.30. The van der Waals surface area contributed by atoms with Gasteiger partial charge in [-0.2, -0.15) is 0 Å². The van der Waals surface area contributed by atoms with Crippen molar-refractivity contribution >= 4 is 34.6 Å². The molecule has 3 aromatic rings. The van der Waals surface area contributed by atoms with E-state index in [9.17, 15) is 19.2 Å². The van der Waals surface area contributed by atoms with E-state index >= 15 is 0 Å². The molecule has 2 aliphatic rings. The minimum Gasteiger partial charge on any atom is -0.325 e. The molecular formula is C23H23N5O4. The van der Waals surface area contributed by atoms with Gasteiger partial charge in [-0.1, -0.05) is 18.2 Å². The lowest BCUT2D eigenvalue weighted by molar-refractivity contribution is -0.124. The summed E-state index contributed by atoms with van der Waals surface area (Å²) in [6.45, 7) is 2.34. The highest BCUT2D eigenvalue weighted by Gasteiger charge is 2.47. The van der Waals surface area contributed by atoms with Crippen molar-refractivity contribution in [3.63, 3.8) is 0 Å². The average Bonchev–Trinajstić information content (AvgIpc) is 3.20. The SMILES string of the molecule is CCn1c(=O)n(CC(=O)Nc2ccc3c(c2)CCC2(C3)NC(=O)NC2=O)c2ccccc21. The third-order valence-electron chi connectivity index (χ3n) is 6.36. The highest BCUT2D eigenvalue weighted by atomic mass is 16.2. The maximum absolute atomic E-state index is 12.8. The first-order valence-electron chi connectivity index (χ1n) is 10.6. The molecule has 32 heavy (non-hydrogen) atoms. The van der Waals surface area contributed by atoms with E-state index in [1.807, 2.05) is 43.3 Å². The molecule has 0 bridgehead atoms. The van der Waals surface area contributed by atoms with Crippen LogP contribution >= 0.6 is 0 Å². The molecule has 1 saturated heterocycles. The molecule has 164 valence electrons. The number of fused-ring (bicyclic) bond motifs is 2. The maximum atomic E-state index is 12.8. The predicted molar refractivity (Wildman–Crippen MR) is 118 cm³/mol. The molecule has 4 amide bonds. The van der Waals surface area contributed by atoms with E-state index < -0.39 is 11.6 Å². The smallest absolute Gasteiger partial charge is 0.325 e. The van der Waals surface area contributed by atoms with Crippen LogP contribution in [-0.4, -0.2) is 32.5 Å². The second-order valence-electron chi connectivity index (χ2n) is 8.30. The number of aryl methyl sites for hydroxylation is 2. The lowest BCUT2D eigenvalue weighted by Gasteiger charge is -2.32. The molecule has 1 atom stereocenters. The zero-order valence-corrected chi connectivity index (χ0v) is 17.6. The minimum absolute atomic E-state index is 0.0846. The number of nitrogens with zero attached hydrogens (tertiary/aromatic N) is 2. The van der Waals surface area contributed by atoms with E-state index in [4.69, 9.17) is 0 Å². The molecule has 9 heteroatoms. The lowest BCUT2D eigenvalue weighted by Crippen LogP contribution is -2.51. The molecule has 1 spiro atoms. The topological polar surface area (TPSA) is 114 Å². The number of carbonyl (C=O) groups is 3. The molecule has 1 unspecified atom stereocenters. The van der Waals surface area contributed by atoms with Crippen molar-refractivity contribution in [2.75, 3.05) is 5.32 Å². The zero-order valence-electron chi connectivity index (χ0n) is 17.6. The summed E-state index contributed by atoms with van der Waals surface area (Å²) >= 11 is 0. The van der Waals surface area contributed by atoms with E-state index in [-0.39, 0.29) is 24.0 Å². The highest BCUT2D eigenvalue weighted by Crippen LogP contribution is 2.32. The number of urea groups is 1. The van der Waals surface area contributed by atoms with Crippen LogP contribution in [0.5, 0.6) is 0 Å². The summed E-state index contributed by atoms with van der Waals surface area (Å²) in [5.74, 6) is -0.581. The van der Waals surface area contributed by atoms with Gasteiger partial charge in [0.15, 0.2) is 0 Å². The number of benzene rings is 2. The largest absolute Gasteiger partial charge is 0.329 e. The summed E-state index contributed by atoms with van der Waals surface area (Å²) < 4.78 is 3.13. The van der Waals surface area contributed by atoms with Crippen LogP contribution in [0.1, 0.15) is 24.5 Å². The first-order chi connectivity index (χ1) is 15.4.